The van der Waals surface area contributed by atoms with Gasteiger partial charge in [0, 0.05) is 12.5 Å². The number of furan rings is 1. The summed E-state index contributed by atoms with van der Waals surface area (Å²) < 4.78 is 10.7. The average Bonchev–Trinajstić information content (AvgIpc) is 3.44. The number of hydrogen-bond acceptors (Lipinski definition) is 5. The second-order valence-corrected chi connectivity index (χ2v) is 8.85. The number of carbonyl (C=O) groups excluding carboxylic acids is 2. The molecule has 0 aliphatic heterocycles. The molecule has 2 amide bonds. The molecule has 3 aromatic rings. The molecule has 182 valence electrons. The molecule has 1 aliphatic rings. The van der Waals surface area contributed by atoms with Crippen LogP contribution in [0, 0.1) is 11.8 Å². The second-order valence-electron chi connectivity index (χ2n) is 8.85. The Morgan fingerprint density at radius 2 is 1.57 bits per heavy atom. The normalized spacial score (nSPS) is 13.1. The van der Waals surface area contributed by atoms with Crippen LogP contribution in [0.4, 0.5) is 4.79 Å². The number of benzene rings is 2. The van der Waals surface area contributed by atoms with E-state index in [1.54, 1.807) is 0 Å². The molecular weight excluding hydrogens is 448 g/mol. The smallest absolute Gasteiger partial charge is 0.407 e. The molecule has 0 fully saturated rings. The van der Waals surface area contributed by atoms with Crippen LogP contribution >= 0.6 is 0 Å². The third-order valence-corrected chi connectivity index (χ3v) is 6.26. The van der Waals surface area contributed by atoms with Crippen molar-refractivity contribution < 1.29 is 28.6 Å². The van der Waals surface area contributed by atoms with Crippen molar-refractivity contribution >= 4 is 18.0 Å². The lowest BCUT2D eigenvalue weighted by molar-refractivity contribution is -0.126. The van der Waals surface area contributed by atoms with Crippen molar-refractivity contribution in [2.24, 2.45) is 11.8 Å². The number of carboxylic acids is 1. The van der Waals surface area contributed by atoms with Crippen LogP contribution in [0.15, 0.2) is 65.1 Å². The molecule has 1 aliphatic carbocycles. The van der Waals surface area contributed by atoms with Crippen molar-refractivity contribution in [3.8, 4) is 11.1 Å². The zero-order valence-electron chi connectivity index (χ0n) is 19.6. The molecule has 2 aromatic carbocycles. The first-order chi connectivity index (χ1) is 16.8. The standard InChI is InChI=1S/C27H28N2O6/c1-16(2)22(25(30)28-13-17-11-12-24(35-17)26(31)32)14-29-27(33)34-15-23-20-9-5-3-7-18(20)19-8-4-6-10-21(19)23/h3-12,16,22-23H,13-15H2,1-2H3,(H,28,30)(H,29,33)(H,31,32). The van der Waals surface area contributed by atoms with Crippen LogP contribution in [0.2, 0.25) is 0 Å². The molecule has 0 bridgehead atoms. The molecular formula is C27H28N2O6. The Labute approximate surface area is 203 Å². The number of nitrogens with one attached hydrogen (secondary N) is 2. The maximum Gasteiger partial charge on any atom is 0.407 e. The van der Waals surface area contributed by atoms with Gasteiger partial charge in [-0.2, -0.15) is 0 Å². The number of fused-ring (bicyclic) bond motifs is 3. The topological polar surface area (TPSA) is 118 Å². The summed E-state index contributed by atoms with van der Waals surface area (Å²) in [6.07, 6.45) is -0.581. The van der Waals surface area contributed by atoms with Gasteiger partial charge in [0.1, 0.15) is 12.4 Å². The van der Waals surface area contributed by atoms with Crippen molar-refractivity contribution in [3.63, 3.8) is 0 Å². The molecule has 0 saturated heterocycles. The lowest BCUT2D eigenvalue weighted by Gasteiger charge is -2.21. The molecule has 3 N–H and O–H groups in total. The van der Waals surface area contributed by atoms with E-state index in [1.165, 1.54) is 12.1 Å². The third kappa shape index (κ3) is 5.37. The van der Waals surface area contributed by atoms with E-state index in [1.807, 2.05) is 38.1 Å². The lowest BCUT2D eigenvalue weighted by Crippen LogP contribution is -2.41. The predicted octanol–water partition coefficient (Wildman–Crippen LogP) is 4.40. The first kappa shape index (κ1) is 24.1. The Kier molecular flexibility index (Phi) is 7.19. The second kappa shape index (κ2) is 10.5. The number of carbonyl (C=O) groups is 3. The van der Waals surface area contributed by atoms with E-state index in [9.17, 15) is 14.4 Å². The summed E-state index contributed by atoms with van der Waals surface area (Å²) >= 11 is 0. The molecule has 4 rings (SSSR count). The van der Waals surface area contributed by atoms with Crippen molar-refractivity contribution in [2.75, 3.05) is 13.2 Å². The van der Waals surface area contributed by atoms with Gasteiger partial charge in [-0.15, -0.1) is 0 Å². The zero-order valence-corrected chi connectivity index (χ0v) is 19.6. The lowest BCUT2D eigenvalue weighted by atomic mass is 9.95. The quantitative estimate of drug-likeness (QED) is 0.421. The van der Waals surface area contributed by atoms with Crippen molar-refractivity contribution in [1.29, 1.82) is 0 Å². The van der Waals surface area contributed by atoms with Crippen LogP contribution in [0.25, 0.3) is 11.1 Å². The minimum atomic E-state index is -1.17. The van der Waals surface area contributed by atoms with Crippen LogP contribution in [0.3, 0.4) is 0 Å². The Balaban J connectivity index is 1.30. The van der Waals surface area contributed by atoms with Crippen molar-refractivity contribution in [1.82, 2.24) is 10.6 Å². The summed E-state index contributed by atoms with van der Waals surface area (Å²) in [6, 6.07) is 19.1. The van der Waals surface area contributed by atoms with Crippen LogP contribution in [-0.2, 0) is 16.1 Å². The Morgan fingerprint density at radius 1 is 0.943 bits per heavy atom. The average molecular weight is 477 g/mol. The molecule has 1 atom stereocenters. The highest BCUT2D eigenvalue weighted by Gasteiger charge is 2.29. The van der Waals surface area contributed by atoms with Gasteiger partial charge in [-0.3, -0.25) is 4.79 Å². The number of rotatable bonds is 9. The molecule has 35 heavy (non-hydrogen) atoms. The summed E-state index contributed by atoms with van der Waals surface area (Å²) in [5.41, 5.74) is 4.57. The molecule has 8 nitrogen and oxygen atoms in total. The fourth-order valence-corrected chi connectivity index (χ4v) is 4.37. The fourth-order valence-electron chi connectivity index (χ4n) is 4.37. The molecule has 0 saturated carbocycles. The minimum Gasteiger partial charge on any atom is -0.475 e. The molecule has 0 radical (unpaired) electrons. The number of ether oxygens (including phenoxy) is 1. The summed E-state index contributed by atoms with van der Waals surface area (Å²) in [4.78, 5) is 36.1. The first-order valence-electron chi connectivity index (χ1n) is 11.5. The van der Waals surface area contributed by atoms with Gasteiger partial charge in [0.25, 0.3) is 0 Å². The highest BCUT2D eigenvalue weighted by molar-refractivity contribution is 5.84. The van der Waals surface area contributed by atoms with E-state index < -0.39 is 18.0 Å². The summed E-state index contributed by atoms with van der Waals surface area (Å²) in [5.74, 6) is -1.88. The molecule has 1 heterocycles. The summed E-state index contributed by atoms with van der Waals surface area (Å²) in [5, 5.41) is 14.4. The van der Waals surface area contributed by atoms with E-state index in [0.717, 1.165) is 22.3 Å². The van der Waals surface area contributed by atoms with Gasteiger partial charge in [-0.05, 0) is 40.3 Å². The Morgan fingerprint density at radius 3 is 2.14 bits per heavy atom. The largest absolute Gasteiger partial charge is 0.475 e. The van der Waals surface area contributed by atoms with Crippen molar-refractivity contribution in [2.45, 2.75) is 26.3 Å². The van der Waals surface area contributed by atoms with E-state index in [2.05, 4.69) is 34.9 Å². The van der Waals surface area contributed by atoms with Crippen LogP contribution < -0.4 is 10.6 Å². The number of carboxylic acid groups (broad SMARTS) is 1. The Bertz CT molecular complexity index is 1190. The predicted molar refractivity (Wildman–Crippen MR) is 129 cm³/mol. The Hall–Kier alpha value is -4.07. The highest BCUT2D eigenvalue weighted by atomic mass is 16.5. The fraction of sp³-hybridized carbons (Fsp3) is 0.296. The maximum atomic E-state index is 12.7. The number of amides is 2. The van der Waals surface area contributed by atoms with Gasteiger partial charge in [0.05, 0.1) is 12.5 Å². The van der Waals surface area contributed by atoms with E-state index in [0.29, 0.717) is 5.76 Å². The van der Waals surface area contributed by atoms with E-state index >= 15 is 0 Å². The summed E-state index contributed by atoms with van der Waals surface area (Å²) in [6.45, 7) is 4.14. The number of hydrogen-bond donors (Lipinski definition) is 3. The van der Waals surface area contributed by atoms with E-state index in [4.69, 9.17) is 14.3 Å². The third-order valence-electron chi connectivity index (χ3n) is 6.26. The van der Waals surface area contributed by atoms with Gasteiger partial charge in [0.2, 0.25) is 11.7 Å². The van der Waals surface area contributed by atoms with Crippen LogP contribution in [0.1, 0.15) is 47.2 Å². The monoisotopic (exact) mass is 476 g/mol. The molecule has 0 spiro atoms. The molecule has 1 aromatic heterocycles. The number of alkyl carbamates (subject to hydrolysis) is 1. The van der Waals surface area contributed by atoms with E-state index in [-0.39, 0.29) is 43.2 Å². The minimum absolute atomic E-state index is 0.0404. The van der Waals surface area contributed by atoms with Gasteiger partial charge < -0.3 is 24.9 Å². The van der Waals surface area contributed by atoms with Crippen LogP contribution in [0.5, 0.6) is 0 Å². The van der Waals surface area contributed by atoms with Gasteiger partial charge in [-0.1, -0.05) is 62.4 Å². The highest BCUT2D eigenvalue weighted by Crippen LogP contribution is 2.44. The van der Waals surface area contributed by atoms with Gasteiger partial charge in [-0.25, -0.2) is 9.59 Å². The van der Waals surface area contributed by atoms with Gasteiger partial charge >= 0.3 is 12.1 Å². The molecule has 8 heteroatoms. The maximum absolute atomic E-state index is 12.7. The first-order valence-corrected chi connectivity index (χ1v) is 11.5. The SMILES string of the molecule is CC(C)C(CNC(=O)OCC1c2ccccc2-c2ccccc21)C(=O)NCc1ccc(C(=O)O)o1. The summed E-state index contributed by atoms with van der Waals surface area (Å²) in [7, 11) is 0. The molecule has 1 unspecified atom stereocenters. The van der Waals surface area contributed by atoms with Crippen LogP contribution in [-0.4, -0.2) is 36.2 Å². The number of aromatic carboxylic acids is 1. The van der Waals surface area contributed by atoms with Gasteiger partial charge in [0.15, 0.2) is 0 Å². The van der Waals surface area contributed by atoms with Crippen molar-refractivity contribution in [3.05, 3.63) is 83.3 Å². The zero-order chi connectivity index (χ0) is 24.9.